The number of nitrogens with zero attached hydrogens (tertiary/aromatic N) is 2. The summed E-state index contributed by atoms with van der Waals surface area (Å²) in [4.78, 5) is 23.1. The molecule has 0 atom stereocenters. The third-order valence-electron chi connectivity index (χ3n) is 4.79. The number of nitriles is 1. The molecule has 0 unspecified atom stereocenters. The average molecular weight is 544 g/mol. The molecule has 37 heavy (non-hydrogen) atoms. The highest BCUT2D eigenvalue weighted by atomic mass is 35.5. The van der Waals surface area contributed by atoms with Gasteiger partial charge in [0.05, 0.1) is 29.9 Å². The van der Waals surface area contributed by atoms with Crippen molar-refractivity contribution >= 4 is 45.1 Å². The van der Waals surface area contributed by atoms with E-state index in [0.29, 0.717) is 0 Å². The number of non-ortho nitro benzene ring substituents is 1. The van der Waals surface area contributed by atoms with Gasteiger partial charge < -0.3 is 19.0 Å². The van der Waals surface area contributed by atoms with E-state index < -0.39 is 26.5 Å². The second-order valence-corrected chi connectivity index (χ2v) is 9.10. The lowest BCUT2D eigenvalue weighted by atomic mass is 10.1. The zero-order chi connectivity index (χ0) is 27.2. The number of methoxy groups -OCH3 is 2. The number of nitrogens with one attached hydrogen (secondary N) is 1. The lowest BCUT2D eigenvalue weighted by Crippen LogP contribution is -2.14. The van der Waals surface area contributed by atoms with Crippen molar-refractivity contribution < 1.29 is 31.8 Å². The number of rotatable bonds is 9. The van der Waals surface area contributed by atoms with Crippen molar-refractivity contribution in [3.8, 4) is 23.3 Å². The highest BCUT2D eigenvalue weighted by molar-refractivity contribution is 7.87. The van der Waals surface area contributed by atoms with Gasteiger partial charge in [-0.25, -0.2) is 0 Å². The molecule has 1 amide bonds. The van der Waals surface area contributed by atoms with Crippen LogP contribution in [0.3, 0.4) is 0 Å². The second-order valence-electron chi connectivity index (χ2n) is 7.15. The van der Waals surface area contributed by atoms with Gasteiger partial charge >= 0.3 is 10.1 Å². The van der Waals surface area contributed by atoms with Crippen molar-refractivity contribution in [1.82, 2.24) is 0 Å². The zero-order valence-electron chi connectivity index (χ0n) is 19.3. The van der Waals surface area contributed by atoms with Gasteiger partial charge in [-0.2, -0.15) is 13.7 Å². The number of carbonyl (C=O) groups is 1. The number of carbonyl (C=O) groups excluding carboxylic acids is 1. The van der Waals surface area contributed by atoms with Gasteiger partial charge in [-0.1, -0.05) is 29.8 Å². The molecule has 13 heteroatoms. The van der Waals surface area contributed by atoms with Crippen LogP contribution < -0.4 is 19.0 Å². The quantitative estimate of drug-likeness (QED) is 0.134. The lowest BCUT2D eigenvalue weighted by Gasteiger charge is -2.13. The predicted molar refractivity (Wildman–Crippen MR) is 134 cm³/mol. The highest BCUT2D eigenvalue weighted by Gasteiger charge is 2.22. The van der Waals surface area contributed by atoms with Crippen LogP contribution in [0.2, 0.25) is 5.02 Å². The Labute approximate surface area is 216 Å². The molecule has 0 spiro atoms. The molecule has 190 valence electrons. The van der Waals surface area contributed by atoms with Crippen molar-refractivity contribution in [1.29, 1.82) is 5.26 Å². The molecule has 0 fully saturated rings. The third-order valence-corrected chi connectivity index (χ3v) is 6.31. The van der Waals surface area contributed by atoms with Crippen LogP contribution in [0, 0.1) is 21.4 Å². The molecule has 0 heterocycles. The molecule has 0 aliphatic rings. The molecule has 0 aliphatic carbocycles. The van der Waals surface area contributed by atoms with E-state index in [1.54, 1.807) is 12.1 Å². The third kappa shape index (κ3) is 6.35. The Balaban J connectivity index is 1.93. The Morgan fingerprint density at radius 3 is 2.35 bits per heavy atom. The van der Waals surface area contributed by atoms with E-state index >= 15 is 0 Å². The van der Waals surface area contributed by atoms with Crippen molar-refractivity contribution in [3.05, 3.63) is 86.9 Å². The SMILES string of the molecule is COc1ccc([N+](=O)[O-])cc1NC(=O)/C(C#N)=C/c1cc(Cl)c(OS(=O)(=O)c2ccccc2)c(OC)c1. The number of nitro groups is 1. The fraction of sp³-hybridized carbons (Fsp3) is 0.0833. The summed E-state index contributed by atoms with van der Waals surface area (Å²) in [5.74, 6) is -1.10. The summed E-state index contributed by atoms with van der Waals surface area (Å²) >= 11 is 6.27. The van der Waals surface area contributed by atoms with Gasteiger partial charge in [0, 0.05) is 12.1 Å². The molecule has 0 radical (unpaired) electrons. The van der Waals surface area contributed by atoms with E-state index in [1.807, 2.05) is 0 Å². The van der Waals surface area contributed by atoms with Crippen LogP contribution in [0.5, 0.6) is 17.2 Å². The Bertz CT molecular complexity index is 1530. The molecule has 3 rings (SSSR count). The van der Waals surface area contributed by atoms with Crippen LogP contribution in [0.15, 0.2) is 71.1 Å². The number of halogens is 1. The fourth-order valence-corrected chi connectivity index (χ4v) is 4.34. The molecule has 0 aliphatic heterocycles. The maximum absolute atomic E-state index is 12.8. The van der Waals surface area contributed by atoms with Gasteiger partial charge in [-0.3, -0.25) is 14.9 Å². The van der Waals surface area contributed by atoms with E-state index in [1.165, 1.54) is 68.8 Å². The predicted octanol–water partition coefficient (Wildman–Crippen LogP) is 4.58. The van der Waals surface area contributed by atoms with Crippen LogP contribution in [-0.2, 0) is 14.9 Å². The fourth-order valence-electron chi connectivity index (χ4n) is 3.06. The number of hydrogen-bond acceptors (Lipinski definition) is 9. The number of nitro benzene ring substituents is 1. The van der Waals surface area contributed by atoms with E-state index in [0.717, 1.165) is 6.07 Å². The Hall–Kier alpha value is -4.60. The summed E-state index contributed by atoms with van der Waals surface area (Å²) in [6.45, 7) is 0. The first kappa shape index (κ1) is 27.0. The minimum atomic E-state index is -4.23. The largest absolute Gasteiger partial charge is 0.495 e. The first-order valence-corrected chi connectivity index (χ1v) is 12.0. The van der Waals surface area contributed by atoms with Gasteiger partial charge in [0.1, 0.15) is 22.3 Å². The molecular weight excluding hydrogens is 526 g/mol. The number of hydrogen-bond donors (Lipinski definition) is 1. The van der Waals surface area contributed by atoms with Crippen LogP contribution in [0.1, 0.15) is 5.56 Å². The van der Waals surface area contributed by atoms with Crippen molar-refractivity contribution in [2.45, 2.75) is 4.90 Å². The minimum absolute atomic E-state index is 0.0201. The summed E-state index contributed by atoms with van der Waals surface area (Å²) in [5, 5.41) is 22.9. The molecule has 0 saturated carbocycles. The maximum atomic E-state index is 12.8. The van der Waals surface area contributed by atoms with Crippen molar-refractivity contribution in [2.75, 3.05) is 19.5 Å². The first-order valence-electron chi connectivity index (χ1n) is 10.2. The number of amides is 1. The molecule has 1 N–H and O–H groups in total. The smallest absolute Gasteiger partial charge is 0.339 e. The summed E-state index contributed by atoms with van der Waals surface area (Å²) in [7, 11) is -1.66. The standard InChI is InChI=1S/C24H18ClN3O8S/c1-34-21-9-8-17(28(30)31)13-20(21)27-24(29)16(14-26)10-15-11-19(25)23(22(12-15)35-2)36-37(32,33)18-6-4-3-5-7-18/h3-13H,1-2H3,(H,27,29)/b16-10+. The molecule has 0 saturated heterocycles. The highest BCUT2D eigenvalue weighted by Crippen LogP contribution is 2.39. The molecule has 11 nitrogen and oxygen atoms in total. The lowest BCUT2D eigenvalue weighted by molar-refractivity contribution is -0.384. The van der Waals surface area contributed by atoms with Crippen LogP contribution in [0.25, 0.3) is 6.08 Å². The van der Waals surface area contributed by atoms with Crippen LogP contribution in [-0.4, -0.2) is 33.5 Å². The molecule has 3 aromatic rings. The normalized spacial score (nSPS) is 11.2. The van der Waals surface area contributed by atoms with E-state index in [2.05, 4.69) is 5.32 Å². The van der Waals surface area contributed by atoms with Gasteiger partial charge in [-0.15, -0.1) is 0 Å². The van der Waals surface area contributed by atoms with E-state index in [4.69, 9.17) is 25.3 Å². The molecule has 3 aromatic carbocycles. The van der Waals surface area contributed by atoms with Gasteiger partial charge in [0.15, 0.2) is 5.75 Å². The topological polar surface area (TPSA) is 158 Å². The average Bonchev–Trinajstić information content (AvgIpc) is 2.88. The monoisotopic (exact) mass is 543 g/mol. The number of ether oxygens (including phenoxy) is 2. The van der Waals surface area contributed by atoms with Crippen molar-refractivity contribution in [2.24, 2.45) is 0 Å². The number of anilines is 1. The maximum Gasteiger partial charge on any atom is 0.339 e. The summed E-state index contributed by atoms with van der Waals surface area (Å²) in [5.41, 5.74) is -0.495. The first-order chi connectivity index (χ1) is 17.6. The van der Waals surface area contributed by atoms with Crippen molar-refractivity contribution in [3.63, 3.8) is 0 Å². The van der Waals surface area contributed by atoms with E-state index in [-0.39, 0.29) is 44.1 Å². The van der Waals surface area contributed by atoms with E-state index in [9.17, 15) is 28.6 Å². The Kier molecular flexibility index (Phi) is 8.33. The van der Waals surface area contributed by atoms with Crippen LogP contribution in [0.4, 0.5) is 11.4 Å². The molecule has 0 aromatic heterocycles. The zero-order valence-corrected chi connectivity index (χ0v) is 20.9. The minimum Gasteiger partial charge on any atom is -0.495 e. The summed E-state index contributed by atoms with van der Waals surface area (Å²) in [6, 6.07) is 15.3. The van der Waals surface area contributed by atoms with Gasteiger partial charge in [0.25, 0.3) is 11.6 Å². The Morgan fingerprint density at radius 2 is 1.76 bits per heavy atom. The summed E-state index contributed by atoms with van der Waals surface area (Å²) < 4.78 is 40.7. The van der Waals surface area contributed by atoms with Gasteiger partial charge in [-0.05, 0) is 42.0 Å². The Morgan fingerprint density at radius 1 is 1.08 bits per heavy atom. The number of benzene rings is 3. The van der Waals surface area contributed by atoms with Gasteiger partial charge in [0.2, 0.25) is 5.75 Å². The molecular formula is C24H18ClN3O8S. The summed E-state index contributed by atoms with van der Waals surface area (Å²) in [6.07, 6.45) is 1.17. The second kappa shape index (κ2) is 11.4. The molecule has 0 bridgehead atoms. The van der Waals surface area contributed by atoms with Crippen LogP contribution >= 0.6 is 11.6 Å².